The Balaban J connectivity index is 2.08. The molecular formula is C13H12N6S. The Morgan fingerprint density at radius 3 is 3.05 bits per heavy atom. The third kappa shape index (κ3) is 2.08. The summed E-state index contributed by atoms with van der Waals surface area (Å²) < 4.78 is 1.82. The fraction of sp³-hybridized carbons (Fsp3) is 0.0769. The van der Waals surface area contributed by atoms with Crippen molar-refractivity contribution in [3.8, 4) is 0 Å². The summed E-state index contributed by atoms with van der Waals surface area (Å²) in [6.07, 6.45) is 5.15. The van der Waals surface area contributed by atoms with Gasteiger partial charge >= 0.3 is 0 Å². The third-order valence-corrected chi connectivity index (χ3v) is 3.27. The van der Waals surface area contributed by atoms with Crippen LogP contribution in [0.3, 0.4) is 0 Å². The molecule has 2 aromatic heterocycles. The number of fused-ring (bicyclic) bond motifs is 1. The van der Waals surface area contributed by atoms with Gasteiger partial charge in [-0.2, -0.15) is 0 Å². The van der Waals surface area contributed by atoms with E-state index in [2.05, 4.69) is 15.2 Å². The van der Waals surface area contributed by atoms with Crippen molar-refractivity contribution in [1.29, 1.82) is 0 Å². The molecule has 6 nitrogen and oxygen atoms in total. The van der Waals surface area contributed by atoms with Crippen molar-refractivity contribution >= 4 is 34.4 Å². The number of hydrogen-bond acceptors (Lipinski definition) is 5. The van der Waals surface area contributed by atoms with Crippen molar-refractivity contribution in [2.45, 2.75) is 0 Å². The highest BCUT2D eigenvalue weighted by atomic mass is 32.1. The molecule has 0 atom stereocenters. The Bertz CT molecular complexity index is 781. The molecule has 1 aromatic carbocycles. The molecule has 0 radical (unpaired) electrons. The molecule has 0 aliphatic carbocycles. The summed E-state index contributed by atoms with van der Waals surface area (Å²) in [5.41, 5.74) is 8.10. The van der Waals surface area contributed by atoms with Crippen molar-refractivity contribution in [2.75, 3.05) is 11.9 Å². The molecule has 0 fully saturated rings. The van der Waals surface area contributed by atoms with Crippen molar-refractivity contribution in [1.82, 2.24) is 19.6 Å². The van der Waals surface area contributed by atoms with E-state index in [4.69, 9.17) is 18.0 Å². The first kappa shape index (κ1) is 12.5. The minimum absolute atomic E-state index is 0.369. The number of benzene rings is 1. The summed E-state index contributed by atoms with van der Waals surface area (Å²) in [5, 5.41) is 7.97. The molecule has 0 amide bonds. The maximum absolute atomic E-state index is 5.67. The molecule has 0 aliphatic rings. The number of nitrogens with zero attached hydrogens (tertiary/aromatic N) is 5. The Labute approximate surface area is 120 Å². The number of aromatic nitrogens is 4. The lowest BCUT2D eigenvalue weighted by atomic mass is 10.2. The van der Waals surface area contributed by atoms with Gasteiger partial charge in [-0.3, -0.25) is 4.40 Å². The summed E-state index contributed by atoms with van der Waals surface area (Å²) >= 11 is 5.01. The lowest BCUT2D eigenvalue weighted by Crippen LogP contribution is -2.15. The van der Waals surface area contributed by atoms with Gasteiger partial charge in [0.05, 0.1) is 0 Å². The van der Waals surface area contributed by atoms with E-state index in [-0.39, 0.29) is 0 Å². The molecule has 0 saturated carbocycles. The molecule has 0 unspecified atom stereocenters. The average Bonchev–Trinajstić information content (AvgIpc) is 2.95. The second-order valence-corrected chi connectivity index (χ2v) is 4.73. The summed E-state index contributed by atoms with van der Waals surface area (Å²) in [4.78, 5) is 6.66. The van der Waals surface area contributed by atoms with Crippen LogP contribution in [0.2, 0.25) is 0 Å². The Morgan fingerprint density at radius 1 is 1.40 bits per heavy atom. The first-order valence-electron chi connectivity index (χ1n) is 5.95. The van der Waals surface area contributed by atoms with E-state index in [1.165, 1.54) is 0 Å². The fourth-order valence-corrected chi connectivity index (χ4v) is 2.10. The molecule has 3 rings (SSSR count). The molecule has 0 spiro atoms. The standard InChI is InChI=1S/C13H12N6S/c1-18(10-4-2-3-9(7-10)11(14)20)12-13-17-16-8-19(13)6-5-15-12/h2-8H,1H3,(H2,14,20). The van der Waals surface area contributed by atoms with Crippen LogP contribution in [0.1, 0.15) is 5.56 Å². The normalized spacial score (nSPS) is 10.7. The molecule has 0 bridgehead atoms. The van der Waals surface area contributed by atoms with Crippen LogP contribution in [-0.4, -0.2) is 31.6 Å². The first-order valence-corrected chi connectivity index (χ1v) is 6.35. The van der Waals surface area contributed by atoms with Crippen molar-refractivity contribution in [3.05, 3.63) is 48.5 Å². The van der Waals surface area contributed by atoms with Crippen LogP contribution >= 0.6 is 12.2 Å². The van der Waals surface area contributed by atoms with Gasteiger partial charge in [0.1, 0.15) is 11.3 Å². The molecule has 0 saturated heterocycles. The number of hydrogen-bond donors (Lipinski definition) is 1. The Kier molecular flexibility index (Phi) is 3.03. The van der Waals surface area contributed by atoms with Crippen LogP contribution in [0, 0.1) is 0 Å². The average molecular weight is 284 g/mol. The Morgan fingerprint density at radius 2 is 2.25 bits per heavy atom. The summed E-state index contributed by atoms with van der Waals surface area (Å²) in [7, 11) is 1.91. The van der Waals surface area contributed by atoms with Gasteiger partial charge in [0.2, 0.25) is 5.65 Å². The van der Waals surface area contributed by atoms with Gasteiger partial charge in [-0.05, 0) is 12.1 Å². The van der Waals surface area contributed by atoms with Crippen LogP contribution in [0.5, 0.6) is 0 Å². The molecule has 0 aliphatic heterocycles. The van der Waals surface area contributed by atoms with E-state index in [0.29, 0.717) is 16.5 Å². The zero-order valence-electron chi connectivity index (χ0n) is 10.8. The highest BCUT2D eigenvalue weighted by Crippen LogP contribution is 2.24. The van der Waals surface area contributed by atoms with Gasteiger partial charge in [0.25, 0.3) is 0 Å². The van der Waals surface area contributed by atoms with Crippen LogP contribution < -0.4 is 10.6 Å². The first-order chi connectivity index (χ1) is 9.66. The second-order valence-electron chi connectivity index (χ2n) is 4.29. The van der Waals surface area contributed by atoms with Gasteiger partial charge in [-0.25, -0.2) is 4.98 Å². The highest BCUT2D eigenvalue weighted by molar-refractivity contribution is 7.80. The van der Waals surface area contributed by atoms with E-state index >= 15 is 0 Å². The van der Waals surface area contributed by atoms with Gasteiger partial charge in [0.15, 0.2) is 5.82 Å². The monoisotopic (exact) mass is 284 g/mol. The fourth-order valence-electron chi connectivity index (χ4n) is 1.97. The number of rotatable bonds is 3. The smallest absolute Gasteiger partial charge is 0.204 e. The van der Waals surface area contributed by atoms with Gasteiger partial charge in [0, 0.05) is 30.7 Å². The maximum atomic E-state index is 5.67. The molecule has 20 heavy (non-hydrogen) atoms. The van der Waals surface area contributed by atoms with Crippen LogP contribution in [0.4, 0.5) is 11.5 Å². The van der Waals surface area contributed by atoms with Crippen LogP contribution in [-0.2, 0) is 0 Å². The zero-order chi connectivity index (χ0) is 14.1. The van der Waals surface area contributed by atoms with Crippen molar-refractivity contribution < 1.29 is 0 Å². The predicted molar refractivity (Wildman–Crippen MR) is 81.2 cm³/mol. The lowest BCUT2D eigenvalue weighted by molar-refractivity contribution is 1.07. The summed E-state index contributed by atoms with van der Waals surface area (Å²) in [6, 6.07) is 7.67. The summed E-state index contributed by atoms with van der Waals surface area (Å²) in [6.45, 7) is 0. The van der Waals surface area contributed by atoms with Gasteiger partial charge in [-0.15, -0.1) is 10.2 Å². The van der Waals surface area contributed by atoms with E-state index < -0.39 is 0 Å². The molecule has 7 heteroatoms. The SMILES string of the molecule is CN(c1cccc(C(N)=S)c1)c1nccn2cnnc12. The van der Waals surface area contributed by atoms with Crippen molar-refractivity contribution in [2.24, 2.45) is 5.73 Å². The summed E-state index contributed by atoms with van der Waals surface area (Å²) in [5.74, 6) is 0.713. The topological polar surface area (TPSA) is 72.3 Å². The predicted octanol–water partition coefficient (Wildman–Crippen LogP) is 1.53. The quantitative estimate of drug-likeness (QED) is 0.735. The number of thiocarbonyl (C=S) groups is 1. The zero-order valence-corrected chi connectivity index (χ0v) is 11.6. The van der Waals surface area contributed by atoms with Gasteiger partial charge < -0.3 is 10.6 Å². The number of anilines is 2. The minimum atomic E-state index is 0.369. The van der Waals surface area contributed by atoms with E-state index in [0.717, 1.165) is 11.3 Å². The minimum Gasteiger partial charge on any atom is -0.389 e. The van der Waals surface area contributed by atoms with Gasteiger partial charge in [-0.1, -0.05) is 24.4 Å². The van der Waals surface area contributed by atoms with E-state index in [9.17, 15) is 0 Å². The molecule has 100 valence electrons. The maximum Gasteiger partial charge on any atom is 0.204 e. The largest absolute Gasteiger partial charge is 0.389 e. The molecule has 2 N–H and O–H groups in total. The third-order valence-electron chi connectivity index (χ3n) is 3.03. The van der Waals surface area contributed by atoms with Crippen LogP contribution in [0.25, 0.3) is 5.65 Å². The van der Waals surface area contributed by atoms with E-state index in [1.54, 1.807) is 18.7 Å². The van der Waals surface area contributed by atoms with Crippen molar-refractivity contribution in [3.63, 3.8) is 0 Å². The molecule has 2 heterocycles. The van der Waals surface area contributed by atoms with E-state index in [1.807, 2.05) is 40.6 Å². The second kappa shape index (κ2) is 4.86. The lowest BCUT2D eigenvalue weighted by Gasteiger charge is -2.19. The highest BCUT2D eigenvalue weighted by Gasteiger charge is 2.12. The molecular weight excluding hydrogens is 272 g/mol. The number of nitrogens with two attached hydrogens (primary N) is 1. The molecule has 3 aromatic rings. The Hall–Kier alpha value is -2.54. The van der Waals surface area contributed by atoms with Crippen LogP contribution in [0.15, 0.2) is 43.0 Å².